The SMILES string of the molecule is CCC(Cc1ccccc1OC)NCCN. The van der Waals surface area contributed by atoms with E-state index < -0.39 is 0 Å². The molecule has 0 aromatic heterocycles. The molecule has 0 amide bonds. The number of rotatable bonds is 7. The quantitative estimate of drug-likeness (QED) is 0.736. The first-order valence-corrected chi connectivity index (χ1v) is 5.87. The van der Waals surface area contributed by atoms with E-state index in [1.165, 1.54) is 5.56 Å². The van der Waals surface area contributed by atoms with Gasteiger partial charge in [-0.2, -0.15) is 0 Å². The Labute approximate surface area is 98.0 Å². The van der Waals surface area contributed by atoms with Crippen LogP contribution in [0.2, 0.25) is 0 Å². The molecule has 0 radical (unpaired) electrons. The molecule has 3 N–H and O–H groups in total. The summed E-state index contributed by atoms with van der Waals surface area (Å²) in [7, 11) is 1.72. The van der Waals surface area contributed by atoms with E-state index >= 15 is 0 Å². The van der Waals surface area contributed by atoms with Crippen LogP contribution < -0.4 is 15.8 Å². The molecule has 0 saturated heterocycles. The lowest BCUT2D eigenvalue weighted by Gasteiger charge is -2.18. The number of methoxy groups -OCH3 is 1. The number of para-hydroxylation sites is 1. The minimum absolute atomic E-state index is 0.472. The van der Waals surface area contributed by atoms with Gasteiger partial charge in [-0.25, -0.2) is 0 Å². The predicted octanol–water partition coefficient (Wildman–Crippen LogP) is 1.56. The molecule has 0 aliphatic heterocycles. The lowest BCUT2D eigenvalue weighted by Crippen LogP contribution is -2.34. The van der Waals surface area contributed by atoms with Gasteiger partial charge in [-0.15, -0.1) is 0 Å². The van der Waals surface area contributed by atoms with Crippen molar-refractivity contribution in [2.45, 2.75) is 25.8 Å². The zero-order chi connectivity index (χ0) is 11.8. The molecule has 0 spiro atoms. The van der Waals surface area contributed by atoms with Crippen LogP contribution in [0.4, 0.5) is 0 Å². The molecule has 1 unspecified atom stereocenters. The summed E-state index contributed by atoms with van der Waals surface area (Å²) in [5.74, 6) is 0.968. The molecule has 0 heterocycles. The number of nitrogens with two attached hydrogens (primary N) is 1. The molecular formula is C13H22N2O. The normalized spacial score (nSPS) is 12.4. The van der Waals surface area contributed by atoms with Gasteiger partial charge in [0.15, 0.2) is 0 Å². The van der Waals surface area contributed by atoms with Crippen LogP contribution in [-0.4, -0.2) is 26.2 Å². The Morgan fingerprint density at radius 2 is 2.12 bits per heavy atom. The first-order valence-electron chi connectivity index (χ1n) is 5.87. The van der Waals surface area contributed by atoms with Gasteiger partial charge in [-0.3, -0.25) is 0 Å². The van der Waals surface area contributed by atoms with Gasteiger partial charge in [0.2, 0.25) is 0 Å². The second-order valence-corrected chi connectivity index (χ2v) is 3.86. The third kappa shape index (κ3) is 3.83. The first-order chi connectivity index (χ1) is 7.81. The molecule has 0 aliphatic carbocycles. The van der Waals surface area contributed by atoms with Gasteiger partial charge in [0.05, 0.1) is 7.11 Å². The summed E-state index contributed by atoms with van der Waals surface area (Å²) in [4.78, 5) is 0. The summed E-state index contributed by atoms with van der Waals surface area (Å²) in [6.07, 6.45) is 2.08. The average Bonchev–Trinajstić information content (AvgIpc) is 2.34. The van der Waals surface area contributed by atoms with Gasteiger partial charge in [0.1, 0.15) is 5.75 Å². The highest BCUT2D eigenvalue weighted by atomic mass is 16.5. The zero-order valence-electron chi connectivity index (χ0n) is 10.2. The number of hydrogen-bond acceptors (Lipinski definition) is 3. The molecule has 1 aromatic rings. The van der Waals surface area contributed by atoms with E-state index in [4.69, 9.17) is 10.5 Å². The highest BCUT2D eigenvalue weighted by Gasteiger charge is 2.09. The van der Waals surface area contributed by atoms with E-state index in [1.807, 2.05) is 18.2 Å². The number of ether oxygens (including phenoxy) is 1. The molecular weight excluding hydrogens is 200 g/mol. The van der Waals surface area contributed by atoms with Crippen molar-refractivity contribution in [1.82, 2.24) is 5.32 Å². The van der Waals surface area contributed by atoms with Crippen molar-refractivity contribution in [2.24, 2.45) is 5.73 Å². The fourth-order valence-corrected chi connectivity index (χ4v) is 1.79. The maximum atomic E-state index is 5.49. The lowest BCUT2D eigenvalue weighted by atomic mass is 10.0. The molecule has 0 aliphatic rings. The molecule has 90 valence electrons. The molecule has 1 atom stereocenters. The maximum absolute atomic E-state index is 5.49. The van der Waals surface area contributed by atoms with Crippen LogP contribution in [0.25, 0.3) is 0 Å². The minimum atomic E-state index is 0.472. The van der Waals surface area contributed by atoms with E-state index in [0.717, 1.165) is 25.1 Å². The zero-order valence-corrected chi connectivity index (χ0v) is 10.2. The summed E-state index contributed by atoms with van der Waals surface area (Å²) >= 11 is 0. The van der Waals surface area contributed by atoms with Crippen LogP contribution in [0, 0.1) is 0 Å². The fourth-order valence-electron chi connectivity index (χ4n) is 1.79. The second-order valence-electron chi connectivity index (χ2n) is 3.86. The lowest BCUT2D eigenvalue weighted by molar-refractivity contribution is 0.404. The number of nitrogens with one attached hydrogen (secondary N) is 1. The largest absolute Gasteiger partial charge is 0.496 e. The van der Waals surface area contributed by atoms with Crippen molar-refractivity contribution in [1.29, 1.82) is 0 Å². The van der Waals surface area contributed by atoms with E-state index in [0.29, 0.717) is 12.6 Å². The summed E-state index contributed by atoms with van der Waals surface area (Å²) in [6.45, 7) is 3.74. The van der Waals surface area contributed by atoms with Crippen LogP contribution >= 0.6 is 0 Å². The Kier molecular flexibility index (Phi) is 5.90. The van der Waals surface area contributed by atoms with Crippen molar-refractivity contribution >= 4 is 0 Å². The van der Waals surface area contributed by atoms with Crippen LogP contribution in [0.3, 0.4) is 0 Å². The molecule has 0 bridgehead atoms. The Bertz CT molecular complexity index is 302. The Morgan fingerprint density at radius 1 is 1.38 bits per heavy atom. The van der Waals surface area contributed by atoms with E-state index in [2.05, 4.69) is 18.3 Å². The highest BCUT2D eigenvalue weighted by molar-refractivity contribution is 5.33. The summed E-state index contributed by atoms with van der Waals surface area (Å²) in [6, 6.07) is 8.64. The summed E-state index contributed by atoms with van der Waals surface area (Å²) in [5, 5.41) is 3.44. The topological polar surface area (TPSA) is 47.3 Å². The summed E-state index contributed by atoms with van der Waals surface area (Å²) < 4.78 is 5.34. The molecule has 3 heteroatoms. The van der Waals surface area contributed by atoms with E-state index in [-0.39, 0.29) is 0 Å². The molecule has 0 saturated carbocycles. The third-order valence-corrected chi connectivity index (χ3v) is 2.73. The molecule has 1 rings (SSSR count). The maximum Gasteiger partial charge on any atom is 0.122 e. The molecule has 16 heavy (non-hydrogen) atoms. The smallest absolute Gasteiger partial charge is 0.122 e. The van der Waals surface area contributed by atoms with Crippen molar-refractivity contribution in [3.63, 3.8) is 0 Å². The van der Waals surface area contributed by atoms with Gasteiger partial charge >= 0.3 is 0 Å². The average molecular weight is 222 g/mol. The number of benzene rings is 1. The van der Waals surface area contributed by atoms with Crippen molar-refractivity contribution in [2.75, 3.05) is 20.2 Å². The predicted molar refractivity (Wildman–Crippen MR) is 67.8 cm³/mol. The van der Waals surface area contributed by atoms with E-state index in [1.54, 1.807) is 7.11 Å². The molecule has 3 nitrogen and oxygen atoms in total. The minimum Gasteiger partial charge on any atom is -0.496 e. The standard InChI is InChI=1S/C13H22N2O/c1-3-12(15-9-8-14)10-11-6-4-5-7-13(11)16-2/h4-7,12,15H,3,8-10,14H2,1-2H3. The van der Waals surface area contributed by atoms with Crippen molar-refractivity contribution < 1.29 is 4.74 Å². The van der Waals surface area contributed by atoms with Gasteiger partial charge < -0.3 is 15.8 Å². The monoisotopic (exact) mass is 222 g/mol. The molecule has 1 aromatic carbocycles. The van der Waals surface area contributed by atoms with Gasteiger partial charge in [-0.05, 0) is 24.5 Å². The Morgan fingerprint density at radius 3 is 2.75 bits per heavy atom. The van der Waals surface area contributed by atoms with Gasteiger partial charge in [0.25, 0.3) is 0 Å². The Hall–Kier alpha value is -1.06. The third-order valence-electron chi connectivity index (χ3n) is 2.73. The van der Waals surface area contributed by atoms with Crippen molar-refractivity contribution in [3.05, 3.63) is 29.8 Å². The Balaban J connectivity index is 2.62. The number of hydrogen-bond donors (Lipinski definition) is 2. The van der Waals surface area contributed by atoms with Gasteiger partial charge in [0, 0.05) is 19.1 Å². The fraction of sp³-hybridized carbons (Fsp3) is 0.538. The van der Waals surface area contributed by atoms with Gasteiger partial charge in [-0.1, -0.05) is 25.1 Å². The van der Waals surface area contributed by atoms with Crippen LogP contribution in [-0.2, 0) is 6.42 Å². The second kappa shape index (κ2) is 7.25. The van der Waals surface area contributed by atoms with Crippen LogP contribution in [0.5, 0.6) is 5.75 Å². The first kappa shape index (κ1) is 13.0. The highest BCUT2D eigenvalue weighted by Crippen LogP contribution is 2.19. The molecule has 0 fully saturated rings. The van der Waals surface area contributed by atoms with Crippen LogP contribution in [0.1, 0.15) is 18.9 Å². The summed E-state index contributed by atoms with van der Waals surface area (Å²) in [5.41, 5.74) is 6.75. The van der Waals surface area contributed by atoms with Crippen molar-refractivity contribution in [3.8, 4) is 5.75 Å². The van der Waals surface area contributed by atoms with Crippen LogP contribution in [0.15, 0.2) is 24.3 Å². The van der Waals surface area contributed by atoms with E-state index in [9.17, 15) is 0 Å².